The molecule has 0 radical (unpaired) electrons. The van der Waals surface area contributed by atoms with E-state index in [0.29, 0.717) is 36.1 Å². The van der Waals surface area contributed by atoms with Crippen LogP contribution in [-0.4, -0.2) is 42.8 Å². The first-order chi connectivity index (χ1) is 13.1. The Labute approximate surface area is 171 Å². The van der Waals surface area contributed by atoms with Crippen molar-refractivity contribution in [3.05, 3.63) is 52.6 Å². The SMILES string of the molecule is CC/C=C(/C=C(/SC)C(=O)N(C=S)CCCOC)OCc1ccccc1N. The average molecular weight is 409 g/mol. The third-order valence-corrected chi connectivity index (χ3v) is 4.68. The number of rotatable bonds is 12. The summed E-state index contributed by atoms with van der Waals surface area (Å²) in [5, 5.41) is 0. The lowest BCUT2D eigenvalue weighted by molar-refractivity contribution is -0.122. The highest BCUT2D eigenvalue weighted by atomic mass is 32.2. The summed E-state index contributed by atoms with van der Waals surface area (Å²) in [7, 11) is 1.63. The highest BCUT2D eigenvalue weighted by Gasteiger charge is 2.16. The van der Waals surface area contributed by atoms with E-state index in [1.807, 2.05) is 43.5 Å². The molecule has 0 fully saturated rings. The Morgan fingerprint density at radius 2 is 2.11 bits per heavy atom. The van der Waals surface area contributed by atoms with E-state index in [1.165, 1.54) is 22.2 Å². The lowest BCUT2D eigenvalue weighted by atomic mass is 10.2. The van der Waals surface area contributed by atoms with E-state index in [2.05, 4.69) is 0 Å². The third-order valence-electron chi connectivity index (χ3n) is 3.69. The molecule has 0 saturated carbocycles. The molecule has 7 heteroatoms. The zero-order valence-electron chi connectivity index (χ0n) is 16.1. The first-order valence-electron chi connectivity index (χ1n) is 8.74. The number of ether oxygens (including phenoxy) is 2. The Kier molecular flexibility index (Phi) is 11.5. The largest absolute Gasteiger partial charge is 0.489 e. The number of anilines is 1. The summed E-state index contributed by atoms with van der Waals surface area (Å²) in [5.74, 6) is 0.498. The van der Waals surface area contributed by atoms with Gasteiger partial charge >= 0.3 is 0 Å². The molecule has 0 unspecified atom stereocenters. The van der Waals surface area contributed by atoms with E-state index in [9.17, 15) is 4.79 Å². The van der Waals surface area contributed by atoms with Gasteiger partial charge in [-0.25, -0.2) is 0 Å². The van der Waals surface area contributed by atoms with Gasteiger partial charge in [0.2, 0.25) is 0 Å². The molecule has 27 heavy (non-hydrogen) atoms. The van der Waals surface area contributed by atoms with Gasteiger partial charge < -0.3 is 20.1 Å². The van der Waals surface area contributed by atoms with Crippen molar-refractivity contribution in [3.63, 3.8) is 0 Å². The summed E-state index contributed by atoms with van der Waals surface area (Å²) in [5.41, 5.74) is 8.94. The van der Waals surface area contributed by atoms with E-state index in [-0.39, 0.29) is 5.91 Å². The number of benzene rings is 1. The molecule has 0 aliphatic heterocycles. The van der Waals surface area contributed by atoms with Gasteiger partial charge in [0, 0.05) is 31.5 Å². The second-order valence-corrected chi connectivity index (χ2v) is 6.72. The maximum atomic E-state index is 12.8. The number of nitrogens with zero attached hydrogens (tertiary/aromatic N) is 1. The highest BCUT2D eigenvalue weighted by molar-refractivity contribution is 8.03. The molecule has 1 aromatic rings. The van der Waals surface area contributed by atoms with Crippen LogP contribution in [0.5, 0.6) is 0 Å². The quantitative estimate of drug-likeness (QED) is 0.140. The second-order valence-electron chi connectivity index (χ2n) is 5.67. The van der Waals surface area contributed by atoms with Crippen LogP contribution in [0.2, 0.25) is 0 Å². The van der Waals surface area contributed by atoms with Crippen LogP contribution in [-0.2, 0) is 20.9 Å². The van der Waals surface area contributed by atoms with Crippen LogP contribution in [0, 0.1) is 0 Å². The minimum Gasteiger partial charge on any atom is -0.489 e. The van der Waals surface area contributed by atoms with Crippen molar-refractivity contribution in [3.8, 4) is 0 Å². The van der Waals surface area contributed by atoms with Gasteiger partial charge in [-0.05, 0) is 37.3 Å². The van der Waals surface area contributed by atoms with Crippen LogP contribution in [0.15, 0.2) is 47.1 Å². The molecule has 148 valence electrons. The molecule has 1 aromatic carbocycles. The molecule has 0 spiro atoms. The molecule has 0 bridgehead atoms. The van der Waals surface area contributed by atoms with E-state index in [4.69, 9.17) is 27.4 Å². The number of nitrogens with two attached hydrogens (primary N) is 1. The predicted octanol–water partition coefficient (Wildman–Crippen LogP) is 4.15. The Hall–Kier alpha value is -1.83. The van der Waals surface area contributed by atoms with Gasteiger partial charge in [-0.1, -0.05) is 37.3 Å². The first-order valence-corrected chi connectivity index (χ1v) is 10.4. The number of hydrogen-bond donors (Lipinski definition) is 1. The number of thioether (sulfide) groups is 1. The first kappa shape index (κ1) is 23.2. The monoisotopic (exact) mass is 408 g/mol. The number of nitrogen functional groups attached to an aromatic ring is 1. The van der Waals surface area contributed by atoms with E-state index in [1.54, 1.807) is 13.2 Å². The van der Waals surface area contributed by atoms with Gasteiger partial charge in [0.05, 0.1) is 10.4 Å². The van der Waals surface area contributed by atoms with E-state index >= 15 is 0 Å². The molecular weight excluding hydrogens is 380 g/mol. The van der Waals surface area contributed by atoms with Crippen LogP contribution in [0.3, 0.4) is 0 Å². The van der Waals surface area contributed by atoms with Crippen molar-refractivity contribution in [1.82, 2.24) is 4.90 Å². The van der Waals surface area contributed by atoms with Gasteiger partial charge in [-0.3, -0.25) is 4.79 Å². The summed E-state index contributed by atoms with van der Waals surface area (Å²) in [4.78, 5) is 14.9. The average Bonchev–Trinajstić information content (AvgIpc) is 2.68. The number of allylic oxidation sites excluding steroid dienone is 2. The normalized spacial score (nSPS) is 12.0. The van der Waals surface area contributed by atoms with Gasteiger partial charge in [0.25, 0.3) is 5.91 Å². The molecule has 0 aromatic heterocycles. The number of amides is 1. The summed E-state index contributed by atoms with van der Waals surface area (Å²) < 4.78 is 10.9. The third kappa shape index (κ3) is 8.15. The molecule has 0 saturated heterocycles. The Morgan fingerprint density at radius 1 is 1.37 bits per heavy atom. The fraction of sp³-hybridized carbons (Fsp3) is 0.400. The summed E-state index contributed by atoms with van der Waals surface area (Å²) in [6, 6.07) is 7.57. The molecule has 0 aliphatic rings. The molecule has 2 N–H and O–H groups in total. The number of thiocarbonyl (C=S) groups is 1. The van der Waals surface area contributed by atoms with Crippen LogP contribution < -0.4 is 5.73 Å². The van der Waals surface area contributed by atoms with Crippen molar-refractivity contribution in [1.29, 1.82) is 0 Å². The predicted molar refractivity (Wildman–Crippen MR) is 117 cm³/mol. The van der Waals surface area contributed by atoms with Crippen LogP contribution in [0.4, 0.5) is 5.69 Å². The van der Waals surface area contributed by atoms with Crippen LogP contribution in [0.1, 0.15) is 25.3 Å². The smallest absolute Gasteiger partial charge is 0.264 e. The van der Waals surface area contributed by atoms with Crippen molar-refractivity contribution in [2.75, 3.05) is 32.3 Å². The minimum atomic E-state index is -0.140. The maximum absolute atomic E-state index is 12.8. The fourth-order valence-electron chi connectivity index (χ4n) is 2.25. The zero-order valence-corrected chi connectivity index (χ0v) is 17.8. The number of hydrogen-bond acceptors (Lipinski definition) is 6. The van der Waals surface area contributed by atoms with Gasteiger partial charge in [0.1, 0.15) is 12.4 Å². The molecule has 5 nitrogen and oxygen atoms in total. The van der Waals surface area contributed by atoms with E-state index in [0.717, 1.165) is 18.4 Å². The fourth-order valence-corrected chi connectivity index (χ4v) is 2.97. The Morgan fingerprint density at radius 3 is 2.70 bits per heavy atom. The standard InChI is InChI=1S/C20H28N2O3S2/c1-4-8-17(25-14-16-9-5-6-10-18(16)21)13-19(27-3)20(23)22(15-26)11-7-12-24-2/h5-6,8-10,13,15H,4,7,11-12,14,21H2,1-3H3/b17-8-,19-13+. The Bertz CT molecular complexity index is 675. The molecule has 1 rings (SSSR count). The van der Waals surface area contributed by atoms with Crippen LogP contribution in [0.25, 0.3) is 0 Å². The summed E-state index contributed by atoms with van der Waals surface area (Å²) in [6.07, 6.45) is 7.07. The molecule has 0 atom stereocenters. The lowest BCUT2D eigenvalue weighted by Gasteiger charge is -2.18. The molecule has 0 heterocycles. The number of carbonyl (C=O) groups excluding carboxylic acids is 1. The van der Waals surface area contributed by atoms with Crippen molar-refractivity contribution >= 4 is 41.1 Å². The zero-order chi connectivity index (χ0) is 20.1. The maximum Gasteiger partial charge on any atom is 0.264 e. The van der Waals surface area contributed by atoms with Crippen molar-refractivity contribution < 1.29 is 14.3 Å². The summed E-state index contributed by atoms with van der Waals surface area (Å²) in [6.45, 7) is 3.45. The topological polar surface area (TPSA) is 64.8 Å². The Balaban J connectivity index is 2.89. The molecule has 1 amide bonds. The van der Waals surface area contributed by atoms with Gasteiger partial charge in [0.15, 0.2) is 0 Å². The van der Waals surface area contributed by atoms with Crippen molar-refractivity contribution in [2.45, 2.75) is 26.4 Å². The number of methoxy groups -OCH3 is 1. The van der Waals surface area contributed by atoms with E-state index < -0.39 is 0 Å². The second kappa shape index (κ2) is 13.4. The molecular formula is C20H28N2O3S2. The van der Waals surface area contributed by atoms with Crippen LogP contribution >= 0.6 is 24.0 Å². The molecule has 0 aliphatic carbocycles. The van der Waals surface area contributed by atoms with Gasteiger partial charge in [-0.15, -0.1) is 11.8 Å². The lowest BCUT2D eigenvalue weighted by Crippen LogP contribution is -2.31. The number of para-hydroxylation sites is 1. The highest BCUT2D eigenvalue weighted by Crippen LogP contribution is 2.20. The summed E-state index contributed by atoms with van der Waals surface area (Å²) >= 11 is 6.37. The number of carbonyl (C=O) groups is 1. The van der Waals surface area contributed by atoms with Crippen molar-refractivity contribution in [2.24, 2.45) is 0 Å². The van der Waals surface area contributed by atoms with Gasteiger partial charge in [-0.2, -0.15) is 0 Å². The minimum absolute atomic E-state index is 0.140.